The number of halogens is 4. The standard InChI is InChI=1S/C13H9BrF3NO2S/c14-11-6-1-2-7-12(11)18-21(19,20)10-5-3-4-9(8-10)13(15,16)17/h1-8,18H. The van der Waals surface area contributed by atoms with Crippen LogP contribution in [0.4, 0.5) is 18.9 Å². The van der Waals surface area contributed by atoms with Gasteiger partial charge in [-0.25, -0.2) is 8.42 Å². The van der Waals surface area contributed by atoms with Crippen molar-refractivity contribution in [3.63, 3.8) is 0 Å². The van der Waals surface area contributed by atoms with Crippen molar-refractivity contribution in [3.8, 4) is 0 Å². The van der Waals surface area contributed by atoms with E-state index < -0.39 is 26.7 Å². The number of benzene rings is 2. The summed E-state index contributed by atoms with van der Waals surface area (Å²) in [6.07, 6.45) is -4.60. The Bertz CT molecular complexity index is 760. The molecule has 0 aliphatic rings. The van der Waals surface area contributed by atoms with Gasteiger partial charge >= 0.3 is 6.18 Å². The summed E-state index contributed by atoms with van der Waals surface area (Å²) >= 11 is 3.16. The molecule has 0 spiro atoms. The van der Waals surface area contributed by atoms with Crippen LogP contribution in [0.25, 0.3) is 0 Å². The Morgan fingerprint density at radius 1 is 1.00 bits per heavy atom. The summed E-state index contributed by atoms with van der Waals surface area (Å²) in [6, 6.07) is 9.97. The molecule has 0 saturated carbocycles. The zero-order chi connectivity index (χ0) is 15.7. The predicted molar refractivity (Wildman–Crippen MR) is 76.4 cm³/mol. The number of nitrogens with one attached hydrogen (secondary N) is 1. The summed E-state index contributed by atoms with van der Waals surface area (Å²) in [6.45, 7) is 0. The lowest BCUT2D eigenvalue weighted by atomic mass is 10.2. The van der Waals surface area contributed by atoms with E-state index in [2.05, 4.69) is 20.7 Å². The second-order valence-electron chi connectivity index (χ2n) is 4.11. The molecule has 0 heterocycles. The maximum absolute atomic E-state index is 12.6. The van der Waals surface area contributed by atoms with Gasteiger partial charge in [-0.3, -0.25) is 4.72 Å². The third kappa shape index (κ3) is 3.76. The van der Waals surface area contributed by atoms with E-state index in [1.165, 1.54) is 6.07 Å². The second-order valence-corrected chi connectivity index (χ2v) is 6.65. The minimum Gasteiger partial charge on any atom is -0.278 e. The van der Waals surface area contributed by atoms with E-state index in [0.29, 0.717) is 10.5 Å². The molecule has 0 aliphatic heterocycles. The van der Waals surface area contributed by atoms with Gasteiger partial charge in [0.05, 0.1) is 16.1 Å². The largest absolute Gasteiger partial charge is 0.416 e. The van der Waals surface area contributed by atoms with E-state index in [-0.39, 0.29) is 5.69 Å². The van der Waals surface area contributed by atoms with Crippen molar-refractivity contribution in [1.29, 1.82) is 0 Å². The van der Waals surface area contributed by atoms with Gasteiger partial charge in [0.15, 0.2) is 0 Å². The van der Waals surface area contributed by atoms with Crippen LogP contribution in [-0.2, 0) is 16.2 Å². The van der Waals surface area contributed by atoms with Crippen LogP contribution in [0.1, 0.15) is 5.56 Å². The fourth-order valence-electron chi connectivity index (χ4n) is 1.59. The molecule has 112 valence electrons. The Kier molecular flexibility index (Phi) is 4.29. The zero-order valence-electron chi connectivity index (χ0n) is 10.4. The van der Waals surface area contributed by atoms with E-state index in [1.807, 2.05) is 0 Å². The van der Waals surface area contributed by atoms with Crippen molar-refractivity contribution < 1.29 is 21.6 Å². The van der Waals surface area contributed by atoms with Crippen molar-refractivity contribution in [2.75, 3.05) is 4.72 Å². The Morgan fingerprint density at radius 3 is 2.29 bits per heavy atom. The molecule has 0 radical (unpaired) electrons. The minimum absolute atomic E-state index is 0.245. The summed E-state index contributed by atoms with van der Waals surface area (Å²) in [5, 5.41) is 0. The Hall–Kier alpha value is -1.54. The normalized spacial score (nSPS) is 12.2. The monoisotopic (exact) mass is 379 g/mol. The first-order valence-corrected chi connectivity index (χ1v) is 7.92. The number of alkyl halides is 3. The van der Waals surface area contributed by atoms with Gasteiger partial charge in [-0.15, -0.1) is 0 Å². The molecule has 0 saturated heterocycles. The second kappa shape index (κ2) is 5.69. The van der Waals surface area contributed by atoms with Crippen molar-refractivity contribution in [1.82, 2.24) is 0 Å². The molecule has 1 N–H and O–H groups in total. The SMILES string of the molecule is O=S(=O)(Nc1ccccc1Br)c1cccc(C(F)(F)F)c1. The van der Waals surface area contributed by atoms with Gasteiger partial charge in [0, 0.05) is 4.47 Å². The summed E-state index contributed by atoms with van der Waals surface area (Å²) in [5.41, 5.74) is -0.771. The van der Waals surface area contributed by atoms with Gasteiger partial charge in [-0.2, -0.15) is 13.2 Å². The average Bonchev–Trinajstić information content (AvgIpc) is 2.40. The van der Waals surface area contributed by atoms with Crippen molar-refractivity contribution in [2.45, 2.75) is 11.1 Å². The van der Waals surface area contributed by atoms with E-state index in [9.17, 15) is 21.6 Å². The maximum Gasteiger partial charge on any atom is 0.416 e. The zero-order valence-corrected chi connectivity index (χ0v) is 12.8. The lowest BCUT2D eigenvalue weighted by molar-refractivity contribution is -0.137. The fourth-order valence-corrected chi connectivity index (χ4v) is 3.23. The van der Waals surface area contributed by atoms with Gasteiger partial charge in [-0.05, 0) is 46.3 Å². The number of anilines is 1. The Balaban J connectivity index is 2.39. The quantitative estimate of drug-likeness (QED) is 0.865. The van der Waals surface area contributed by atoms with Crippen LogP contribution in [0.2, 0.25) is 0 Å². The molecule has 0 atom stereocenters. The third-order valence-electron chi connectivity index (χ3n) is 2.59. The van der Waals surface area contributed by atoms with Crippen LogP contribution in [0, 0.1) is 0 Å². The van der Waals surface area contributed by atoms with Crippen LogP contribution in [0.5, 0.6) is 0 Å². The first-order chi connectivity index (χ1) is 9.70. The number of hydrogen-bond donors (Lipinski definition) is 1. The van der Waals surface area contributed by atoms with Crippen LogP contribution in [-0.4, -0.2) is 8.42 Å². The van der Waals surface area contributed by atoms with Gasteiger partial charge in [0.2, 0.25) is 0 Å². The number of hydrogen-bond acceptors (Lipinski definition) is 2. The molecule has 2 aromatic rings. The molecule has 2 aromatic carbocycles. The first kappa shape index (κ1) is 15.8. The lowest BCUT2D eigenvalue weighted by Gasteiger charge is -2.12. The summed E-state index contributed by atoms with van der Waals surface area (Å²) < 4.78 is 64.9. The van der Waals surface area contributed by atoms with E-state index in [0.717, 1.165) is 18.2 Å². The molecular formula is C13H9BrF3NO2S. The van der Waals surface area contributed by atoms with Crippen LogP contribution >= 0.6 is 15.9 Å². The number of sulfonamides is 1. The van der Waals surface area contributed by atoms with Crippen LogP contribution in [0.15, 0.2) is 57.9 Å². The van der Waals surface area contributed by atoms with E-state index in [4.69, 9.17) is 0 Å². The average molecular weight is 380 g/mol. The molecule has 3 nitrogen and oxygen atoms in total. The summed E-state index contributed by atoms with van der Waals surface area (Å²) in [4.78, 5) is -0.451. The number of para-hydroxylation sites is 1. The molecule has 21 heavy (non-hydrogen) atoms. The van der Waals surface area contributed by atoms with Crippen LogP contribution in [0.3, 0.4) is 0 Å². The summed E-state index contributed by atoms with van der Waals surface area (Å²) in [5.74, 6) is 0. The van der Waals surface area contributed by atoms with E-state index in [1.54, 1.807) is 18.2 Å². The molecule has 0 aromatic heterocycles. The third-order valence-corrected chi connectivity index (χ3v) is 4.64. The highest BCUT2D eigenvalue weighted by Gasteiger charge is 2.31. The summed E-state index contributed by atoms with van der Waals surface area (Å²) in [7, 11) is -4.10. The smallest absolute Gasteiger partial charge is 0.278 e. The maximum atomic E-state index is 12.6. The van der Waals surface area contributed by atoms with E-state index >= 15 is 0 Å². The lowest BCUT2D eigenvalue weighted by Crippen LogP contribution is -2.14. The minimum atomic E-state index is -4.60. The molecular weight excluding hydrogens is 371 g/mol. The highest BCUT2D eigenvalue weighted by molar-refractivity contribution is 9.10. The molecule has 2 rings (SSSR count). The van der Waals surface area contributed by atoms with Gasteiger partial charge in [-0.1, -0.05) is 18.2 Å². The number of rotatable bonds is 3. The van der Waals surface area contributed by atoms with Gasteiger partial charge < -0.3 is 0 Å². The Labute approximate surface area is 128 Å². The van der Waals surface area contributed by atoms with Crippen LogP contribution < -0.4 is 4.72 Å². The van der Waals surface area contributed by atoms with Crippen molar-refractivity contribution in [3.05, 3.63) is 58.6 Å². The molecule has 0 fully saturated rings. The Morgan fingerprint density at radius 2 is 1.67 bits per heavy atom. The fraction of sp³-hybridized carbons (Fsp3) is 0.0769. The predicted octanol–water partition coefficient (Wildman–Crippen LogP) is 4.27. The van der Waals surface area contributed by atoms with Gasteiger partial charge in [0.1, 0.15) is 0 Å². The molecule has 0 bridgehead atoms. The molecule has 8 heteroatoms. The highest BCUT2D eigenvalue weighted by atomic mass is 79.9. The topological polar surface area (TPSA) is 46.2 Å². The molecule has 0 aliphatic carbocycles. The highest BCUT2D eigenvalue weighted by Crippen LogP contribution is 2.31. The van der Waals surface area contributed by atoms with Gasteiger partial charge in [0.25, 0.3) is 10.0 Å². The molecule has 0 amide bonds. The molecule has 0 unspecified atom stereocenters. The first-order valence-electron chi connectivity index (χ1n) is 5.65. The van der Waals surface area contributed by atoms with Crippen molar-refractivity contribution in [2.24, 2.45) is 0 Å². The van der Waals surface area contributed by atoms with Crippen molar-refractivity contribution >= 4 is 31.6 Å².